The smallest absolute Gasteiger partial charge is 0.420 e. The Morgan fingerprint density at radius 3 is 2.28 bits per heavy atom. The summed E-state index contributed by atoms with van der Waals surface area (Å²) in [4.78, 5) is 11.2. The summed E-state index contributed by atoms with van der Waals surface area (Å²) in [5, 5.41) is 0. The van der Waals surface area contributed by atoms with Crippen LogP contribution in [-0.2, 0) is 6.18 Å². The van der Waals surface area contributed by atoms with Crippen molar-refractivity contribution in [1.29, 1.82) is 0 Å². The van der Waals surface area contributed by atoms with Crippen molar-refractivity contribution >= 4 is 28.4 Å². The van der Waals surface area contributed by atoms with Crippen LogP contribution in [0.3, 0.4) is 0 Å². The van der Waals surface area contributed by atoms with E-state index in [0.29, 0.717) is 6.07 Å². The van der Waals surface area contributed by atoms with Crippen LogP contribution in [0.1, 0.15) is 22.8 Å². The molecule has 18 heavy (non-hydrogen) atoms. The van der Waals surface area contributed by atoms with Crippen LogP contribution in [0.25, 0.3) is 0 Å². The first-order valence-electron chi connectivity index (χ1n) is 4.49. The molecule has 1 aromatic rings. The van der Waals surface area contributed by atoms with E-state index in [-0.39, 0.29) is 3.57 Å². The largest absolute Gasteiger partial charge is 0.433 e. The molecule has 1 aromatic carbocycles. The van der Waals surface area contributed by atoms with Crippen LogP contribution in [-0.4, -0.2) is 12.4 Å². The second-order valence-electron chi connectivity index (χ2n) is 3.26. The average molecular weight is 380 g/mol. The van der Waals surface area contributed by atoms with Gasteiger partial charge in [0, 0.05) is 3.57 Å². The summed E-state index contributed by atoms with van der Waals surface area (Å²) >= 11 is 1.56. The Labute approximate surface area is 112 Å². The molecule has 0 saturated heterocycles. The molecule has 0 bridgehead atoms. The van der Waals surface area contributed by atoms with Crippen molar-refractivity contribution in [2.75, 3.05) is 0 Å². The highest BCUT2D eigenvalue weighted by atomic mass is 127. The number of carbonyl (C=O) groups is 1. The van der Waals surface area contributed by atoms with Crippen LogP contribution in [0.4, 0.5) is 22.0 Å². The minimum atomic E-state index is -4.88. The monoisotopic (exact) mass is 380 g/mol. The molecule has 8 heteroatoms. The molecule has 0 aliphatic heterocycles. The van der Waals surface area contributed by atoms with Crippen molar-refractivity contribution in [3.63, 3.8) is 0 Å². The molecular formula is C10H6F5IO2. The molecule has 2 nitrogen and oxygen atoms in total. The number of carbonyl (C=O) groups excluding carboxylic acids is 1. The third-order valence-corrected chi connectivity index (χ3v) is 2.57. The summed E-state index contributed by atoms with van der Waals surface area (Å²) < 4.78 is 66.3. The summed E-state index contributed by atoms with van der Waals surface area (Å²) in [6, 6.07) is 1.71. The molecular weight excluding hydrogens is 374 g/mol. The molecule has 0 N–H and O–H groups in total. The fourth-order valence-electron chi connectivity index (χ4n) is 1.28. The first kappa shape index (κ1) is 15.1. The van der Waals surface area contributed by atoms with E-state index in [1.165, 1.54) is 0 Å². The van der Waals surface area contributed by atoms with Gasteiger partial charge in [0.1, 0.15) is 5.75 Å². The van der Waals surface area contributed by atoms with Crippen LogP contribution in [0.15, 0.2) is 12.1 Å². The molecule has 0 fully saturated rings. The lowest BCUT2D eigenvalue weighted by molar-refractivity contribution is -0.141. The highest BCUT2D eigenvalue weighted by molar-refractivity contribution is 14.1. The lowest BCUT2D eigenvalue weighted by Gasteiger charge is -2.16. The van der Waals surface area contributed by atoms with Gasteiger partial charge in [0.2, 0.25) is 0 Å². The summed E-state index contributed by atoms with van der Waals surface area (Å²) in [5.74, 6) is -1.92. The summed E-state index contributed by atoms with van der Waals surface area (Å²) in [7, 11) is 0. The van der Waals surface area contributed by atoms with Gasteiger partial charge in [0.05, 0.1) is 11.1 Å². The predicted octanol–water partition coefficient (Wildman–Crippen LogP) is 4.11. The van der Waals surface area contributed by atoms with Crippen molar-refractivity contribution in [2.45, 2.75) is 19.7 Å². The van der Waals surface area contributed by atoms with E-state index in [1.54, 1.807) is 22.6 Å². The maximum Gasteiger partial charge on any atom is 0.420 e. The van der Waals surface area contributed by atoms with Crippen LogP contribution >= 0.6 is 22.6 Å². The third kappa shape index (κ3) is 3.53. The molecule has 0 atom stereocenters. The fraction of sp³-hybridized carbons (Fsp3) is 0.300. The number of ketones is 1. The Morgan fingerprint density at radius 2 is 1.89 bits per heavy atom. The Balaban J connectivity index is 3.53. The van der Waals surface area contributed by atoms with Gasteiger partial charge in [-0.25, -0.2) is 0 Å². The zero-order chi connectivity index (χ0) is 14.1. The average Bonchev–Trinajstić information content (AvgIpc) is 2.17. The SMILES string of the molecule is CC(=O)c1cc(I)cc(C(F)(F)F)c1OC(F)F. The Kier molecular flexibility index (Phi) is 4.51. The van der Waals surface area contributed by atoms with Crippen LogP contribution < -0.4 is 4.74 Å². The molecule has 0 aromatic heterocycles. The van der Waals surface area contributed by atoms with Crippen molar-refractivity contribution in [1.82, 2.24) is 0 Å². The predicted molar refractivity (Wildman–Crippen MR) is 60.8 cm³/mol. The molecule has 0 saturated carbocycles. The molecule has 100 valence electrons. The molecule has 0 aliphatic rings. The Hall–Kier alpha value is -0.930. The lowest BCUT2D eigenvalue weighted by atomic mass is 10.1. The zero-order valence-corrected chi connectivity index (χ0v) is 11.0. The number of halogens is 6. The minimum Gasteiger partial charge on any atom is -0.433 e. The normalized spacial score (nSPS) is 11.8. The number of benzene rings is 1. The second-order valence-corrected chi connectivity index (χ2v) is 4.51. The first-order valence-corrected chi connectivity index (χ1v) is 5.57. The topological polar surface area (TPSA) is 26.3 Å². The van der Waals surface area contributed by atoms with Crippen LogP contribution in [0.5, 0.6) is 5.75 Å². The summed E-state index contributed by atoms with van der Waals surface area (Å²) in [6.45, 7) is -2.46. The fourth-order valence-corrected chi connectivity index (χ4v) is 1.90. The van der Waals surface area contributed by atoms with Crippen molar-refractivity contribution in [2.24, 2.45) is 0 Å². The number of hydrogen-bond acceptors (Lipinski definition) is 2. The van der Waals surface area contributed by atoms with Gasteiger partial charge in [-0.1, -0.05) is 0 Å². The van der Waals surface area contributed by atoms with Crippen LogP contribution in [0, 0.1) is 3.57 Å². The van der Waals surface area contributed by atoms with Gasteiger partial charge < -0.3 is 4.74 Å². The highest BCUT2D eigenvalue weighted by Gasteiger charge is 2.37. The third-order valence-electron chi connectivity index (χ3n) is 1.95. The maximum absolute atomic E-state index is 12.7. The number of rotatable bonds is 3. The van der Waals surface area contributed by atoms with Gasteiger partial charge in [-0.15, -0.1) is 0 Å². The van der Waals surface area contributed by atoms with E-state index in [1.807, 2.05) is 0 Å². The number of alkyl halides is 5. The Bertz CT molecular complexity index is 470. The molecule has 0 unspecified atom stereocenters. The van der Waals surface area contributed by atoms with E-state index in [0.717, 1.165) is 13.0 Å². The number of Topliss-reactive ketones (excluding diaryl/α,β-unsaturated/α-hetero) is 1. The molecule has 0 spiro atoms. The lowest BCUT2D eigenvalue weighted by Crippen LogP contribution is -2.15. The van der Waals surface area contributed by atoms with E-state index < -0.39 is 35.4 Å². The standard InChI is InChI=1S/C10H6F5IO2/c1-4(17)6-2-5(16)3-7(10(13,14)15)8(6)18-9(11)12/h2-3,9H,1H3. The van der Waals surface area contributed by atoms with Gasteiger partial charge in [0.25, 0.3) is 0 Å². The first-order chi connectivity index (χ1) is 8.12. The van der Waals surface area contributed by atoms with Gasteiger partial charge in [-0.05, 0) is 41.6 Å². The van der Waals surface area contributed by atoms with Crippen molar-refractivity contribution in [3.05, 3.63) is 26.8 Å². The van der Waals surface area contributed by atoms with E-state index in [2.05, 4.69) is 4.74 Å². The van der Waals surface area contributed by atoms with Crippen molar-refractivity contribution < 1.29 is 31.5 Å². The summed E-state index contributed by atoms with van der Waals surface area (Å²) in [6.07, 6.45) is -4.88. The van der Waals surface area contributed by atoms with Gasteiger partial charge in [0.15, 0.2) is 5.78 Å². The van der Waals surface area contributed by atoms with Gasteiger partial charge in [-0.2, -0.15) is 22.0 Å². The molecule has 0 heterocycles. The van der Waals surface area contributed by atoms with Crippen LogP contribution in [0.2, 0.25) is 0 Å². The number of hydrogen-bond donors (Lipinski definition) is 0. The second kappa shape index (κ2) is 5.37. The van der Waals surface area contributed by atoms with E-state index in [4.69, 9.17) is 0 Å². The van der Waals surface area contributed by atoms with Crippen molar-refractivity contribution in [3.8, 4) is 5.75 Å². The number of ether oxygens (including phenoxy) is 1. The molecule has 0 radical (unpaired) electrons. The molecule has 0 aliphatic carbocycles. The molecule has 0 amide bonds. The summed E-state index contributed by atoms with van der Waals surface area (Å²) in [5.41, 5.74) is -1.91. The molecule has 1 rings (SSSR count). The van der Waals surface area contributed by atoms with E-state index in [9.17, 15) is 26.7 Å². The van der Waals surface area contributed by atoms with Gasteiger partial charge >= 0.3 is 12.8 Å². The Morgan fingerprint density at radius 1 is 1.33 bits per heavy atom. The minimum absolute atomic E-state index is 0.103. The maximum atomic E-state index is 12.7. The van der Waals surface area contributed by atoms with Gasteiger partial charge in [-0.3, -0.25) is 4.79 Å². The quantitative estimate of drug-likeness (QED) is 0.448. The highest BCUT2D eigenvalue weighted by Crippen LogP contribution is 2.40. The van der Waals surface area contributed by atoms with E-state index >= 15 is 0 Å². The zero-order valence-electron chi connectivity index (χ0n) is 8.82.